The van der Waals surface area contributed by atoms with Crippen molar-refractivity contribution in [3.8, 4) is 11.5 Å². The van der Waals surface area contributed by atoms with E-state index in [1.807, 2.05) is 67.3 Å². The minimum Gasteiger partial charge on any atom is -0.493 e. The van der Waals surface area contributed by atoms with Crippen molar-refractivity contribution in [3.05, 3.63) is 81.9 Å². The highest BCUT2D eigenvalue weighted by Gasteiger charge is 2.03. The topological polar surface area (TPSA) is 44.2 Å². The fourth-order valence-corrected chi connectivity index (χ4v) is 3.35. The number of ether oxygens (including phenoxy) is 2. The number of aromatic nitrogens is 2. The molecule has 2 aromatic heterocycles. The Morgan fingerprint density at radius 2 is 1.11 bits per heavy atom. The molecule has 0 aliphatic carbocycles. The van der Waals surface area contributed by atoms with Gasteiger partial charge in [-0.2, -0.15) is 0 Å². The lowest BCUT2D eigenvalue weighted by Crippen LogP contribution is -2.02. The minimum atomic E-state index is 0.684. The maximum absolute atomic E-state index is 5.92. The number of benzene rings is 1. The van der Waals surface area contributed by atoms with Gasteiger partial charge in [0.1, 0.15) is 11.5 Å². The zero-order valence-electron chi connectivity index (χ0n) is 15.2. The molecule has 140 valence electrons. The molecule has 0 saturated carbocycles. The predicted octanol–water partition coefficient (Wildman–Crippen LogP) is 5.10. The Bertz CT molecular complexity index is 747. The lowest BCUT2D eigenvalue weighted by molar-refractivity contribution is 0.295. The third-order valence-electron chi connectivity index (χ3n) is 4.10. The summed E-state index contributed by atoms with van der Waals surface area (Å²) in [6, 6.07) is 14.2. The molecule has 0 amide bonds. The Balaban J connectivity index is 1.41. The number of pyridine rings is 2. The molecule has 0 aliphatic rings. The zero-order valence-corrected chi connectivity index (χ0v) is 17.3. The first kappa shape index (κ1) is 19.6. The third kappa shape index (κ3) is 7.17. The van der Waals surface area contributed by atoms with Gasteiger partial charge in [-0.1, -0.05) is 0 Å². The van der Waals surface area contributed by atoms with Crippen LogP contribution in [0.25, 0.3) is 0 Å². The molecule has 27 heavy (non-hydrogen) atoms. The van der Waals surface area contributed by atoms with Gasteiger partial charge in [-0.25, -0.2) is 0 Å². The van der Waals surface area contributed by atoms with E-state index in [9.17, 15) is 0 Å². The van der Waals surface area contributed by atoms with Gasteiger partial charge in [0.05, 0.1) is 13.2 Å². The van der Waals surface area contributed by atoms with Crippen LogP contribution in [0.3, 0.4) is 0 Å². The van der Waals surface area contributed by atoms with Crippen LogP contribution in [0.5, 0.6) is 11.5 Å². The van der Waals surface area contributed by atoms with Gasteiger partial charge in [0.15, 0.2) is 0 Å². The Labute approximate surface area is 174 Å². The van der Waals surface area contributed by atoms with Gasteiger partial charge in [-0.15, -0.1) is 0 Å². The molecule has 2 heterocycles. The molecular formula is C22H23IN2O2. The highest BCUT2D eigenvalue weighted by molar-refractivity contribution is 14.1. The summed E-state index contributed by atoms with van der Waals surface area (Å²) in [7, 11) is 0. The second kappa shape index (κ2) is 10.9. The quantitative estimate of drug-likeness (QED) is 0.303. The van der Waals surface area contributed by atoms with E-state index in [1.54, 1.807) is 0 Å². The van der Waals surface area contributed by atoms with E-state index < -0.39 is 0 Å². The number of halogens is 1. The summed E-state index contributed by atoms with van der Waals surface area (Å²) in [5.74, 6) is 1.72. The van der Waals surface area contributed by atoms with E-state index in [0.717, 1.165) is 40.8 Å². The molecule has 0 spiro atoms. The van der Waals surface area contributed by atoms with Gasteiger partial charge in [0.2, 0.25) is 0 Å². The number of hydrogen-bond acceptors (Lipinski definition) is 4. The first-order valence-electron chi connectivity index (χ1n) is 9.13. The van der Waals surface area contributed by atoms with Crippen LogP contribution >= 0.6 is 22.6 Å². The van der Waals surface area contributed by atoms with Crippen molar-refractivity contribution in [1.29, 1.82) is 0 Å². The fourth-order valence-electron chi connectivity index (χ4n) is 2.74. The standard InChI is InChI=1S/C22H23IN2O2/c23-20-15-21(26-13-1-3-18-5-9-24-10-6-18)17-22(16-20)27-14-2-4-19-7-11-25-12-8-19/h5-12,15-17H,1-4,13-14H2. The third-order valence-corrected chi connectivity index (χ3v) is 4.72. The molecule has 0 fully saturated rings. The highest BCUT2D eigenvalue weighted by Crippen LogP contribution is 2.24. The molecule has 0 aliphatic heterocycles. The van der Waals surface area contributed by atoms with E-state index in [1.165, 1.54) is 11.1 Å². The van der Waals surface area contributed by atoms with Gasteiger partial charge >= 0.3 is 0 Å². The zero-order chi connectivity index (χ0) is 18.7. The maximum atomic E-state index is 5.92. The van der Waals surface area contributed by atoms with Crippen LogP contribution in [-0.2, 0) is 12.8 Å². The van der Waals surface area contributed by atoms with E-state index >= 15 is 0 Å². The van der Waals surface area contributed by atoms with Crippen molar-refractivity contribution in [3.63, 3.8) is 0 Å². The molecule has 3 rings (SSSR count). The molecule has 1 aromatic carbocycles. The molecule has 0 N–H and O–H groups in total. The van der Waals surface area contributed by atoms with Crippen LogP contribution in [-0.4, -0.2) is 23.2 Å². The lowest BCUT2D eigenvalue weighted by atomic mass is 10.1. The first-order valence-corrected chi connectivity index (χ1v) is 10.2. The average Bonchev–Trinajstić information content (AvgIpc) is 2.70. The van der Waals surface area contributed by atoms with E-state index in [2.05, 4.69) is 32.6 Å². The Hall–Kier alpha value is -2.15. The molecule has 3 aromatic rings. The van der Waals surface area contributed by atoms with Gasteiger partial charge in [-0.05, 0) is 95.8 Å². The average molecular weight is 474 g/mol. The van der Waals surface area contributed by atoms with Crippen LogP contribution in [0.1, 0.15) is 24.0 Å². The Morgan fingerprint density at radius 3 is 1.56 bits per heavy atom. The number of hydrogen-bond donors (Lipinski definition) is 0. The van der Waals surface area contributed by atoms with Gasteiger partial charge < -0.3 is 9.47 Å². The Morgan fingerprint density at radius 1 is 0.667 bits per heavy atom. The second-order valence-corrected chi connectivity index (χ2v) is 7.48. The normalized spacial score (nSPS) is 10.6. The fraction of sp³-hybridized carbons (Fsp3) is 0.273. The van der Waals surface area contributed by atoms with Crippen LogP contribution in [0.15, 0.2) is 67.3 Å². The largest absolute Gasteiger partial charge is 0.493 e. The van der Waals surface area contributed by atoms with Crippen molar-refractivity contribution < 1.29 is 9.47 Å². The maximum Gasteiger partial charge on any atom is 0.124 e. The van der Waals surface area contributed by atoms with Crippen LogP contribution < -0.4 is 9.47 Å². The minimum absolute atomic E-state index is 0.684. The van der Waals surface area contributed by atoms with Crippen molar-refractivity contribution >= 4 is 22.6 Å². The monoisotopic (exact) mass is 474 g/mol. The molecule has 0 bridgehead atoms. The highest BCUT2D eigenvalue weighted by atomic mass is 127. The molecule has 0 atom stereocenters. The van der Waals surface area contributed by atoms with Crippen molar-refractivity contribution in [2.45, 2.75) is 25.7 Å². The lowest BCUT2D eigenvalue weighted by Gasteiger charge is -2.11. The van der Waals surface area contributed by atoms with E-state index in [0.29, 0.717) is 13.2 Å². The second-order valence-electron chi connectivity index (χ2n) is 6.24. The van der Waals surface area contributed by atoms with Crippen LogP contribution in [0.2, 0.25) is 0 Å². The van der Waals surface area contributed by atoms with Gasteiger partial charge in [0.25, 0.3) is 0 Å². The van der Waals surface area contributed by atoms with Crippen molar-refractivity contribution in [1.82, 2.24) is 9.97 Å². The molecule has 0 saturated heterocycles. The van der Waals surface area contributed by atoms with Crippen molar-refractivity contribution in [2.75, 3.05) is 13.2 Å². The summed E-state index contributed by atoms with van der Waals surface area (Å²) in [6.45, 7) is 1.37. The van der Waals surface area contributed by atoms with E-state index in [4.69, 9.17) is 9.47 Å². The summed E-state index contributed by atoms with van der Waals surface area (Å²) in [5, 5.41) is 0. The first-order chi connectivity index (χ1) is 13.3. The Kier molecular flexibility index (Phi) is 7.89. The van der Waals surface area contributed by atoms with Gasteiger partial charge in [0, 0.05) is 34.4 Å². The molecule has 0 unspecified atom stereocenters. The summed E-state index contributed by atoms with van der Waals surface area (Å²) in [5.41, 5.74) is 2.57. The van der Waals surface area contributed by atoms with Crippen molar-refractivity contribution in [2.24, 2.45) is 0 Å². The molecule has 4 nitrogen and oxygen atoms in total. The van der Waals surface area contributed by atoms with E-state index in [-0.39, 0.29) is 0 Å². The van der Waals surface area contributed by atoms with Crippen LogP contribution in [0, 0.1) is 3.57 Å². The summed E-state index contributed by atoms with van der Waals surface area (Å²) in [6.07, 6.45) is 11.2. The summed E-state index contributed by atoms with van der Waals surface area (Å²) >= 11 is 2.30. The summed E-state index contributed by atoms with van der Waals surface area (Å²) < 4.78 is 12.9. The smallest absolute Gasteiger partial charge is 0.124 e. The number of rotatable bonds is 10. The van der Waals surface area contributed by atoms with Crippen LogP contribution in [0.4, 0.5) is 0 Å². The SMILES string of the molecule is Ic1cc(OCCCc2ccncc2)cc(OCCCc2ccncc2)c1. The molecule has 0 radical (unpaired) electrons. The molecular weight excluding hydrogens is 451 g/mol. The molecule has 5 heteroatoms. The summed E-state index contributed by atoms with van der Waals surface area (Å²) in [4.78, 5) is 8.08. The van der Waals surface area contributed by atoms with Gasteiger partial charge in [-0.3, -0.25) is 9.97 Å². The number of aryl methyl sites for hydroxylation is 2. The number of nitrogens with zero attached hydrogens (tertiary/aromatic N) is 2. The predicted molar refractivity (Wildman–Crippen MR) is 115 cm³/mol.